The molecule has 0 aliphatic carbocycles. The molecule has 0 aliphatic rings. The number of carbonyl (C=O) groups excluding carboxylic acids is 2. The molecule has 7 heteroatoms. The number of nitrogens with one attached hydrogen (secondary N) is 1. The van der Waals surface area contributed by atoms with Crippen LogP contribution in [0.25, 0.3) is 0 Å². The van der Waals surface area contributed by atoms with Crippen LogP contribution in [0.5, 0.6) is 0 Å². The van der Waals surface area contributed by atoms with E-state index in [4.69, 9.17) is 0 Å². The molecule has 0 saturated heterocycles. The van der Waals surface area contributed by atoms with E-state index in [0.717, 1.165) is 16.8 Å². The molecule has 0 saturated carbocycles. The van der Waals surface area contributed by atoms with E-state index in [2.05, 4.69) is 14.8 Å². The van der Waals surface area contributed by atoms with E-state index >= 15 is 0 Å². The summed E-state index contributed by atoms with van der Waals surface area (Å²) in [7, 11) is 0. The molecule has 0 spiro atoms. The fourth-order valence-corrected chi connectivity index (χ4v) is 1.53. The predicted octanol–water partition coefficient (Wildman–Crippen LogP) is 1.67. The molecular formula is C13H15NO4TaTb-2. The van der Waals surface area contributed by atoms with E-state index < -0.39 is 0 Å². The van der Waals surface area contributed by atoms with Gasteiger partial charge >= 0.3 is 0 Å². The average Bonchev–Trinajstić information content (AvgIpc) is 2.35. The van der Waals surface area contributed by atoms with Gasteiger partial charge in [0.05, 0.1) is 13.2 Å². The molecule has 0 aromatic heterocycles. The Labute approximate surface area is 165 Å². The molecule has 20 heavy (non-hydrogen) atoms. The molecule has 0 atom stereocenters. The van der Waals surface area contributed by atoms with Gasteiger partial charge in [0.25, 0.3) is 0 Å². The summed E-state index contributed by atoms with van der Waals surface area (Å²) in [6.45, 7) is 7.04. The summed E-state index contributed by atoms with van der Waals surface area (Å²) >= 11 is 0. The van der Waals surface area contributed by atoms with Crippen molar-refractivity contribution in [2.24, 2.45) is 0 Å². The van der Waals surface area contributed by atoms with Gasteiger partial charge in [-0.1, -0.05) is 19.0 Å². The first kappa shape index (κ1) is 22.3. The number of ether oxygens (including phenoxy) is 2. The SMILES string of the molecule is CC(C)Nc1ccc(CO[C-]=O)cc1CO[C-]=O.[Ta].[Tb]. The molecule has 0 aliphatic heterocycles. The fourth-order valence-electron chi connectivity index (χ4n) is 1.53. The third-order valence-electron chi connectivity index (χ3n) is 2.20. The summed E-state index contributed by atoms with van der Waals surface area (Å²) in [5.41, 5.74) is 2.48. The summed E-state index contributed by atoms with van der Waals surface area (Å²) in [5, 5.41) is 3.24. The first-order valence-corrected chi connectivity index (χ1v) is 5.53. The second-order valence-electron chi connectivity index (χ2n) is 4.03. The first-order chi connectivity index (χ1) is 8.67. The van der Waals surface area contributed by atoms with Crippen molar-refractivity contribution >= 4 is 18.6 Å². The Morgan fingerprint density at radius 3 is 2.30 bits per heavy atom. The van der Waals surface area contributed by atoms with Crippen LogP contribution in [0.2, 0.25) is 0 Å². The van der Waals surface area contributed by atoms with E-state index in [1.54, 1.807) is 6.07 Å². The molecule has 1 aromatic rings. The molecule has 0 amide bonds. The molecule has 112 valence electrons. The number of hydrogen-bond acceptors (Lipinski definition) is 5. The molecule has 1 rings (SSSR count). The van der Waals surface area contributed by atoms with Crippen molar-refractivity contribution in [2.75, 3.05) is 5.32 Å². The van der Waals surface area contributed by atoms with Gasteiger partial charge in [-0.2, -0.15) is 0 Å². The minimum absolute atomic E-state index is 0. The topological polar surface area (TPSA) is 64.6 Å². The molecule has 1 aromatic carbocycles. The maximum Gasteiger partial charge on any atom is 0.0766 e. The average molecular weight is 589 g/mol. The van der Waals surface area contributed by atoms with Crippen molar-refractivity contribution in [3.8, 4) is 0 Å². The van der Waals surface area contributed by atoms with Crippen molar-refractivity contribution < 1.29 is 80.1 Å². The molecule has 5 nitrogen and oxygen atoms in total. The Kier molecular flexibility index (Phi) is 14.1. The van der Waals surface area contributed by atoms with Gasteiger partial charge in [-0.15, -0.1) is 0 Å². The summed E-state index contributed by atoms with van der Waals surface area (Å²) in [6.07, 6.45) is 0. The van der Waals surface area contributed by atoms with E-state index in [1.165, 1.54) is 12.9 Å². The van der Waals surface area contributed by atoms with E-state index in [1.807, 2.05) is 26.0 Å². The molecule has 2 radical (unpaired) electrons. The monoisotopic (exact) mass is 589 g/mol. The summed E-state index contributed by atoms with van der Waals surface area (Å²) in [5.74, 6) is 0. The maximum absolute atomic E-state index is 10.1. The third kappa shape index (κ3) is 8.31. The third-order valence-corrected chi connectivity index (χ3v) is 2.20. The van der Waals surface area contributed by atoms with E-state index in [0.29, 0.717) is 0 Å². The number of rotatable bonds is 8. The van der Waals surface area contributed by atoms with Crippen LogP contribution in [0.3, 0.4) is 0 Å². The second kappa shape index (κ2) is 12.7. The molecule has 0 fully saturated rings. The Bertz CT molecular complexity index is 415. The van der Waals surface area contributed by atoms with Gasteiger partial charge in [-0.3, -0.25) is 0 Å². The Morgan fingerprint density at radius 1 is 1.15 bits per heavy atom. The summed E-state index contributed by atoms with van der Waals surface area (Å²) < 4.78 is 9.19. The molecule has 0 bridgehead atoms. The van der Waals surface area contributed by atoms with E-state index in [9.17, 15) is 9.59 Å². The Morgan fingerprint density at radius 2 is 1.75 bits per heavy atom. The van der Waals surface area contributed by atoms with Crippen molar-refractivity contribution in [2.45, 2.75) is 33.1 Å². The molecule has 0 unspecified atom stereocenters. The second-order valence-corrected chi connectivity index (χ2v) is 4.03. The standard InChI is InChI=1S/C13H15NO4.Ta.Tb/c1-10(2)14-13-4-3-11(6-17-8-15)5-12(13)7-18-9-16;;/h3-5,10,14H,6-7H2,1-2H3;;/q-2;;. The van der Waals surface area contributed by atoms with Crippen molar-refractivity contribution in [1.82, 2.24) is 0 Å². The quantitative estimate of drug-likeness (QED) is 0.468. The molecule has 1 N–H and O–H groups in total. The van der Waals surface area contributed by atoms with Crippen molar-refractivity contribution in [3.63, 3.8) is 0 Å². The maximum atomic E-state index is 10.1. The van der Waals surface area contributed by atoms with Gasteiger partial charge in [0.1, 0.15) is 0 Å². The zero-order valence-corrected chi connectivity index (χ0v) is 16.5. The minimum atomic E-state index is 0. The van der Waals surface area contributed by atoms with Crippen LogP contribution in [-0.4, -0.2) is 19.0 Å². The molecular weight excluding hydrogens is 574 g/mol. The first-order valence-electron chi connectivity index (χ1n) is 5.53. The van der Waals surface area contributed by atoms with Crippen LogP contribution in [0.4, 0.5) is 5.69 Å². The van der Waals surface area contributed by atoms with Crippen LogP contribution < -0.4 is 5.32 Å². The van der Waals surface area contributed by atoms with Crippen LogP contribution in [-0.2, 0) is 54.7 Å². The van der Waals surface area contributed by atoms with Gasteiger partial charge in [-0.25, -0.2) is 0 Å². The van der Waals surface area contributed by atoms with Crippen LogP contribution >= 0.6 is 0 Å². The number of benzene rings is 1. The minimum Gasteiger partial charge on any atom is -0.650 e. The number of anilines is 1. The molecule has 0 heterocycles. The van der Waals surface area contributed by atoms with Crippen LogP contribution in [0.15, 0.2) is 18.2 Å². The smallest absolute Gasteiger partial charge is 0.0766 e. The zero-order valence-electron chi connectivity index (χ0n) is 11.1. The van der Waals surface area contributed by atoms with Gasteiger partial charge in [0.2, 0.25) is 0 Å². The van der Waals surface area contributed by atoms with E-state index in [-0.39, 0.29) is 80.2 Å². The van der Waals surface area contributed by atoms with Gasteiger partial charge < -0.3 is 24.4 Å². The van der Waals surface area contributed by atoms with Gasteiger partial charge in [-0.05, 0) is 31.5 Å². The Hall–Kier alpha value is -0.0140. The number of hydrogen-bond donors (Lipinski definition) is 1. The predicted molar refractivity (Wildman–Crippen MR) is 66.2 cm³/mol. The zero-order chi connectivity index (χ0) is 13.4. The Balaban J connectivity index is 0. The van der Waals surface area contributed by atoms with Gasteiger partial charge in [0.15, 0.2) is 0 Å². The summed E-state index contributed by atoms with van der Waals surface area (Å²) in [6, 6.07) is 5.75. The van der Waals surface area contributed by atoms with Crippen LogP contribution in [0, 0.1) is 38.6 Å². The largest absolute Gasteiger partial charge is 0.650 e. The normalized spacial score (nSPS) is 8.95. The van der Waals surface area contributed by atoms with Crippen molar-refractivity contribution in [3.05, 3.63) is 29.3 Å². The van der Waals surface area contributed by atoms with Crippen molar-refractivity contribution in [1.29, 1.82) is 0 Å². The fraction of sp³-hybridized carbons (Fsp3) is 0.385. The van der Waals surface area contributed by atoms with Crippen LogP contribution in [0.1, 0.15) is 25.0 Å². The van der Waals surface area contributed by atoms with Gasteiger partial charge in [0, 0.05) is 78.3 Å². The summed E-state index contributed by atoms with van der Waals surface area (Å²) in [4.78, 5) is 20.1.